The minimum absolute atomic E-state index is 0.190. The molecule has 0 saturated heterocycles. The van der Waals surface area contributed by atoms with Crippen LogP contribution in [0.5, 0.6) is 11.5 Å². The van der Waals surface area contributed by atoms with E-state index in [1.54, 1.807) is 6.20 Å². The van der Waals surface area contributed by atoms with Crippen molar-refractivity contribution in [3.63, 3.8) is 0 Å². The maximum atomic E-state index is 13.0. The van der Waals surface area contributed by atoms with E-state index in [9.17, 15) is 4.79 Å². The average molecular weight is 462 g/mol. The summed E-state index contributed by atoms with van der Waals surface area (Å²) in [6, 6.07) is 7.62. The third-order valence-corrected chi connectivity index (χ3v) is 5.49. The van der Waals surface area contributed by atoms with Crippen LogP contribution in [0.2, 0.25) is 0 Å². The van der Waals surface area contributed by atoms with Gasteiger partial charge in [0.05, 0.1) is 28.3 Å². The minimum Gasteiger partial charge on any atom is -0.481 e. The van der Waals surface area contributed by atoms with Gasteiger partial charge in [-0.1, -0.05) is 0 Å². The summed E-state index contributed by atoms with van der Waals surface area (Å²) >= 11 is 0. The molecule has 0 fully saturated rings. The van der Waals surface area contributed by atoms with Gasteiger partial charge in [-0.05, 0) is 31.2 Å². The molecule has 1 aliphatic rings. The van der Waals surface area contributed by atoms with E-state index in [-0.39, 0.29) is 12.4 Å². The molecule has 0 saturated carbocycles. The van der Waals surface area contributed by atoms with Crippen LogP contribution in [0.15, 0.2) is 41.5 Å². The number of ether oxygens (including phenoxy) is 2. The lowest BCUT2D eigenvalue weighted by atomic mass is 10.1. The number of nitrogens with zero attached hydrogens (tertiary/aromatic N) is 3. The van der Waals surface area contributed by atoms with Gasteiger partial charge in [0.1, 0.15) is 5.69 Å². The highest BCUT2D eigenvalue weighted by molar-refractivity contribution is 5.99. The number of aromatic nitrogens is 5. The molecule has 174 valence electrons. The zero-order valence-corrected chi connectivity index (χ0v) is 18.3. The lowest BCUT2D eigenvalue weighted by Gasteiger charge is -2.04. The molecule has 4 heterocycles. The Morgan fingerprint density at radius 3 is 2.74 bits per heavy atom. The third-order valence-electron chi connectivity index (χ3n) is 5.49. The number of hydrogen-bond donors (Lipinski definition) is 4. The Morgan fingerprint density at radius 1 is 1.21 bits per heavy atom. The highest BCUT2D eigenvalue weighted by atomic mass is 16.7. The Bertz CT molecular complexity index is 1590. The molecular formula is C23H22N6O5. The van der Waals surface area contributed by atoms with Crippen molar-refractivity contribution < 1.29 is 19.4 Å². The summed E-state index contributed by atoms with van der Waals surface area (Å²) in [4.78, 5) is 29.7. The summed E-state index contributed by atoms with van der Waals surface area (Å²) in [5, 5.41) is 16.2. The van der Waals surface area contributed by atoms with Crippen LogP contribution in [-0.4, -0.2) is 49.1 Å². The largest absolute Gasteiger partial charge is 0.481 e. The first kappa shape index (κ1) is 21.5. The number of rotatable bonds is 4. The van der Waals surface area contributed by atoms with Crippen molar-refractivity contribution in [3.05, 3.63) is 47.0 Å². The molecule has 0 aliphatic carbocycles. The molecule has 0 radical (unpaired) electrons. The van der Waals surface area contributed by atoms with Crippen molar-refractivity contribution in [2.45, 2.75) is 19.9 Å². The van der Waals surface area contributed by atoms with Crippen LogP contribution in [0.3, 0.4) is 0 Å². The molecule has 11 heteroatoms. The fourth-order valence-electron chi connectivity index (χ4n) is 4.02. The molecule has 34 heavy (non-hydrogen) atoms. The monoisotopic (exact) mass is 462 g/mol. The summed E-state index contributed by atoms with van der Waals surface area (Å²) in [6.07, 6.45) is 4.49. The summed E-state index contributed by atoms with van der Waals surface area (Å²) in [7, 11) is 0. The molecule has 2 aromatic carbocycles. The van der Waals surface area contributed by atoms with Crippen molar-refractivity contribution in [1.29, 1.82) is 0 Å². The second-order valence-corrected chi connectivity index (χ2v) is 7.86. The van der Waals surface area contributed by atoms with E-state index in [1.165, 1.54) is 0 Å². The standard InChI is InChI=1S/C21H18N6O3.C2H4O2/c22-2-1-3-27-9-13(12-5-18-19(7-17(12)27)30-10-29-18)20-21(28)25-15-4-11-8-23-26-14(11)6-16(15)24-20;1-2(3)4/h4-9H,1-3,10,22H2,(H,23,26)(H,25,28);1H3,(H,3,4). The van der Waals surface area contributed by atoms with Gasteiger partial charge in [-0.15, -0.1) is 0 Å². The molecule has 1 aliphatic heterocycles. The minimum atomic E-state index is -0.833. The molecule has 0 bridgehead atoms. The van der Waals surface area contributed by atoms with Crippen molar-refractivity contribution in [2.75, 3.05) is 13.3 Å². The van der Waals surface area contributed by atoms with Crippen LogP contribution in [0.1, 0.15) is 13.3 Å². The highest BCUT2D eigenvalue weighted by Crippen LogP contribution is 2.40. The smallest absolute Gasteiger partial charge is 0.300 e. The van der Waals surface area contributed by atoms with Gasteiger partial charge >= 0.3 is 0 Å². The number of hydrogen-bond acceptors (Lipinski definition) is 7. The number of benzene rings is 2. The van der Waals surface area contributed by atoms with Crippen molar-refractivity contribution in [2.24, 2.45) is 5.73 Å². The number of aryl methyl sites for hydroxylation is 1. The number of carbonyl (C=O) groups is 1. The predicted molar refractivity (Wildman–Crippen MR) is 126 cm³/mol. The molecule has 0 amide bonds. The van der Waals surface area contributed by atoms with Crippen molar-refractivity contribution >= 4 is 38.8 Å². The topological polar surface area (TPSA) is 161 Å². The van der Waals surface area contributed by atoms with E-state index in [1.807, 2.05) is 30.5 Å². The first-order valence-corrected chi connectivity index (χ1v) is 10.6. The van der Waals surface area contributed by atoms with E-state index in [4.69, 9.17) is 30.1 Å². The van der Waals surface area contributed by atoms with E-state index >= 15 is 0 Å². The third kappa shape index (κ3) is 3.82. The number of carboxylic acid groups (broad SMARTS) is 1. The number of H-pyrrole nitrogens is 2. The predicted octanol–water partition coefficient (Wildman–Crippen LogP) is 2.59. The highest BCUT2D eigenvalue weighted by Gasteiger charge is 2.21. The molecule has 5 N–H and O–H groups in total. The van der Waals surface area contributed by atoms with Gasteiger partial charge in [-0.25, -0.2) is 4.98 Å². The zero-order chi connectivity index (χ0) is 23.8. The molecule has 11 nitrogen and oxygen atoms in total. The fraction of sp³-hybridized carbons (Fsp3) is 0.217. The lowest BCUT2D eigenvalue weighted by molar-refractivity contribution is -0.134. The molecule has 6 rings (SSSR count). The summed E-state index contributed by atoms with van der Waals surface area (Å²) < 4.78 is 13.2. The Balaban J connectivity index is 0.000000560. The Kier molecular flexibility index (Phi) is 5.38. The Labute approximate surface area is 192 Å². The maximum absolute atomic E-state index is 13.0. The number of carboxylic acids is 1. The number of nitrogens with one attached hydrogen (secondary N) is 2. The van der Waals surface area contributed by atoms with Crippen LogP contribution in [0, 0.1) is 0 Å². The van der Waals surface area contributed by atoms with Crippen LogP contribution in [0.25, 0.3) is 44.1 Å². The van der Waals surface area contributed by atoms with Crippen LogP contribution in [0.4, 0.5) is 0 Å². The molecule has 0 atom stereocenters. The molecule has 3 aromatic heterocycles. The van der Waals surface area contributed by atoms with E-state index in [2.05, 4.69) is 19.7 Å². The lowest BCUT2D eigenvalue weighted by Crippen LogP contribution is -2.11. The van der Waals surface area contributed by atoms with Crippen LogP contribution < -0.4 is 20.8 Å². The van der Waals surface area contributed by atoms with Gasteiger partial charge in [0, 0.05) is 42.1 Å². The summed E-state index contributed by atoms with van der Waals surface area (Å²) in [5.74, 6) is 0.528. The summed E-state index contributed by atoms with van der Waals surface area (Å²) in [6.45, 7) is 2.58. The van der Waals surface area contributed by atoms with E-state index in [0.29, 0.717) is 34.8 Å². The second kappa shape index (κ2) is 8.52. The quantitative estimate of drug-likeness (QED) is 0.317. The van der Waals surface area contributed by atoms with Crippen molar-refractivity contribution in [3.8, 4) is 22.8 Å². The molecule has 0 spiro atoms. The number of aromatic amines is 2. The van der Waals surface area contributed by atoms with Gasteiger partial charge in [-0.2, -0.15) is 5.10 Å². The van der Waals surface area contributed by atoms with Gasteiger partial charge in [0.2, 0.25) is 6.79 Å². The number of aliphatic carboxylic acids is 1. The average Bonchev–Trinajstić information content (AvgIpc) is 3.52. The van der Waals surface area contributed by atoms with E-state index in [0.717, 1.165) is 47.3 Å². The zero-order valence-electron chi connectivity index (χ0n) is 18.3. The normalized spacial score (nSPS) is 12.3. The second-order valence-electron chi connectivity index (χ2n) is 7.86. The summed E-state index contributed by atoms with van der Waals surface area (Å²) in [5.41, 5.74) is 9.74. The number of nitrogens with two attached hydrogens (primary N) is 1. The van der Waals surface area contributed by atoms with Crippen molar-refractivity contribution in [1.82, 2.24) is 24.7 Å². The fourth-order valence-corrected chi connectivity index (χ4v) is 4.02. The van der Waals surface area contributed by atoms with Gasteiger partial charge in [0.25, 0.3) is 11.5 Å². The molecular weight excluding hydrogens is 440 g/mol. The number of fused-ring (bicyclic) bond motifs is 4. The Hall–Kier alpha value is -4.38. The Morgan fingerprint density at radius 2 is 1.97 bits per heavy atom. The molecule has 0 unspecified atom stereocenters. The van der Waals surface area contributed by atoms with E-state index < -0.39 is 5.97 Å². The van der Waals surface area contributed by atoms with Crippen LogP contribution >= 0.6 is 0 Å². The molecule has 5 aromatic rings. The van der Waals surface area contributed by atoms with Gasteiger partial charge < -0.3 is 29.9 Å². The first-order chi connectivity index (χ1) is 16.4. The first-order valence-electron chi connectivity index (χ1n) is 10.6. The van der Waals surface area contributed by atoms with Crippen LogP contribution in [-0.2, 0) is 11.3 Å². The SMILES string of the molecule is CC(=O)O.NCCCn1cc(-c2nc3cc4[nH]ncc4cc3[nH]c2=O)c2cc3c(cc21)OCO3. The maximum Gasteiger partial charge on any atom is 0.300 e. The van der Waals surface area contributed by atoms with Gasteiger partial charge in [-0.3, -0.25) is 14.7 Å². The van der Waals surface area contributed by atoms with Gasteiger partial charge in [0.15, 0.2) is 11.5 Å².